The third kappa shape index (κ3) is 2.27. The summed E-state index contributed by atoms with van der Waals surface area (Å²) >= 11 is 5.69. The van der Waals surface area contributed by atoms with Gasteiger partial charge in [-0.3, -0.25) is 4.79 Å². The third-order valence-electron chi connectivity index (χ3n) is 2.38. The Hall–Kier alpha value is -1.13. The van der Waals surface area contributed by atoms with Crippen LogP contribution in [-0.4, -0.2) is 40.1 Å². The lowest BCUT2D eigenvalue weighted by Gasteiger charge is -2.14. The summed E-state index contributed by atoms with van der Waals surface area (Å²) in [6.45, 7) is 0.960. The van der Waals surface area contributed by atoms with Gasteiger partial charge in [-0.1, -0.05) is 17.7 Å². The van der Waals surface area contributed by atoms with Crippen LogP contribution in [0, 0.1) is 0 Å². The summed E-state index contributed by atoms with van der Waals surface area (Å²) in [6, 6.07) is 4.94. The van der Waals surface area contributed by atoms with Crippen molar-refractivity contribution >= 4 is 17.5 Å². The van der Waals surface area contributed by atoms with E-state index < -0.39 is 6.10 Å². The van der Waals surface area contributed by atoms with Crippen molar-refractivity contribution < 1.29 is 9.90 Å². The second kappa shape index (κ2) is 4.16. The van der Waals surface area contributed by atoms with Crippen molar-refractivity contribution in [1.29, 1.82) is 0 Å². The number of halogens is 1. The van der Waals surface area contributed by atoms with Crippen LogP contribution in [0.25, 0.3) is 0 Å². The maximum atomic E-state index is 11.8. The van der Waals surface area contributed by atoms with Gasteiger partial charge in [0.2, 0.25) is 0 Å². The van der Waals surface area contributed by atoms with E-state index in [0.29, 0.717) is 30.4 Å². The zero-order chi connectivity index (χ0) is 10.8. The molecule has 1 aromatic rings. The maximum absolute atomic E-state index is 11.8. The molecule has 0 saturated carbocycles. The summed E-state index contributed by atoms with van der Waals surface area (Å²) in [5.74, 6) is -0.172. The smallest absolute Gasteiger partial charge is 0.272 e. The molecule has 4 nitrogen and oxygen atoms in total. The molecule has 2 rings (SSSR count). The second-order valence-corrected chi connectivity index (χ2v) is 3.93. The average Bonchev–Trinajstić information content (AvgIpc) is 2.64. The van der Waals surface area contributed by atoms with Crippen LogP contribution in [0.3, 0.4) is 0 Å². The largest absolute Gasteiger partial charge is 0.391 e. The van der Waals surface area contributed by atoms with Gasteiger partial charge >= 0.3 is 0 Å². The second-order valence-electron chi connectivity index (χ2n) is 3.54. The number of likely N-dealkylation sites (tertiary alicyclic amines) is 1. The Labute approximate surface area is 92.5 Å². The molecular formula is C10H11ClN2O2. The molecule has 15 heavy (non-hydrogen) atoms. The number of hydrogen-bond acceptors (Lipinski definition) is 3. The van der Waals surface area contributed by atoms with E-state index in [0.717, 1.165) is 0 Å². The van der Waals surface area contributed by atoms with Crippen molar-refractivity contribution in [2.24, 2.45) is 0 Å². The molecule has 1 saturated heterocycles. The number of hydrogen-bond donors (Lipinski definition) is 1. The van der Waals surface area contributed by atoms with Crippen molar-refractivity contribution in [3.05, 3.63) is 29.0 Å². The minimum atomic E-state index is -0.409. The Kier molecular flexibility index (Phi) is 2.88. The molecule has 2 heterocycles. The number of nitrogens with zero attached hydrogens (tertiary/aromatic N) is 2. The molecular weight excluding hydrogens is 216 g/mol. The van der Waals surface area contributed by atoms with Crippen molar-refractivity contribution in [3.63, 3.8) is 0 Å². The zero-order valence-electron chi connectivity index (χ0n) is 8.06. The molecule has 0 unspecified atom stereocenters. The number of amides is 1. The van der Waals surface area contributed by atoms with Crippen molar-refractivity contribution in [3.8, 4) is 0 Å². The lowest BCUT2D eigenvalue weighted by Crippen LogP contribution is -2.30. The number of aromatic nitrogens is 1. The number of pyridine rings is 1. The minimum Gasteiger partial charge on any atom is -0.391 e. The van der Waals surface area contributed by atoms with Crippen LogP contribution >= 0.6 is 11.6 Å². The van der Waals surface area contributed by atoms with E-state index >= 15 is 0 Å². The Morgan fingerprint density at radius 1 is 1.60 bits per heavy atom. The van der Waals surface area contributed by atoms with Crippen LogP contribution in [0.2, 0.25) is 5.15 Å². The first-order chi connectivity index (χ1) is 7.16. The molecule has 0 bridgehead atoms. The van der Waals surface area contributed by atoms with E-state index in [4.69, 9.17) is 11.6 Å². The summed E-state index contributed by atoms with van der Waals surface area (Å²) in [5.41, 5.74) is 0.330. The molecule has 5 heteroatoms. The Bertz CT molecular complexity index is 383. The number of aliphatic hydroxyl groups is 1. The van der Waals surface area contributed by atoms with Crippen LogP contribution in [0.5, 0.6) is 0 Å². The van der Waals surface area contributed by atoms with Gasteiger partial charge in [0.1, 0.15) is 10.8 Å². The van der Waals surface area contributed by atoms with Gasteiger partial charge in [-0.15, -0.1) is 0 Å². The lowest BCUT2D eigenvalue weighted by molar-refractivity contribution is 0.0759. The van der Waals surface area contributed by atoms with Gasteiger partial charge in [0.25, 0.3) is 5.91 Å². The summed E-state index contributed by atoms with van der Waals surface area (Å²) in [5, 5.41) is 9.62. The van der Waals surface area contributed by atoms with Crippen LogP contribution in [0.15, 0.2) is 18.2 Å². The first-order valence-electron chi connectivity index (χ1n) is 4.77. The monoisotopic (exact) mass is 226 g/mol. The standard InChI is InChI=1S/C10H11ClN2O2/c11-9-3-1-2-8(12-9)10(15)13-5-4-7(14)6-13/h1-3,7,14H,4-6H2/t7-/m0/s1. The maximum Gasteiger partial charge on any atom is 0.272 e. The van der Waals surface area contributed by atoms with E-state index in [1.807, 2.05) is 0 Å². The molecule has 1 aliphatic rings. The SMILES string of the molecule is O=C(c1cccc(Cl)n1)N1CC[C@H](O)C1. The number of carbonyl (C=O) groups is 1. The Balaban J connectivity index is 2.14. The fraction of sp³-hybridized carbons (Fsp3) is 0.400. The molecule has 1 fully saturated rings. The van der Waals surface area contributed by atoms with Crippen LogP contribution in [0.1, 0.15) is 16.9 Å². The van der Waals surface area contributed by atoms with Crippen molar-refractivity contribution in [2.45, 2.75) is 12.5 Å². The van der Waals surface area contributed by atoms with E-state index in [2.05, 4.69) is 4.98 Å². The van der Waals surface area contributed by atoms with Gasteiger partial charge in [0.15, 0.2) is 0 Å². The van der Waals surface area contributed by atoms with Crippen molar-refractivity contribution in [2.75, 3.05) is 13.1 Å². The molecule has 1 amide bonds. The summed E-state index contributed by atoms with van der Waals surface area (Å²) in [6.07, 6.45) is 0.222. The summed E-state index contributed by atoms with van der Waals surface area (Å²) < 4.78 is 0. The van der Waals surface area contributed by atoms with Gasteiger partial charge in [-0.2, -0.15) is 0 Å². The minimum absolute atomic E-state index is 0.172. The number of aliphatic hydroxyl groups excluding tert-OH is 1. The predicted molar refractivity (Wildman–Crippen MR) is 55.8 cm³/mol. The summed E-state index contributed by atoms with van der Waals surface area (Å²) in [4.78, 5) is 17.4. The van der Waals surface area contributed by atoms with Crippen LogP contribution < -0.4 is 0 Å². The molecule has 1 N–H and O–H groups in total. The van der Waals surface area contributed by atoms with Gasteiger partial charge in [0, 0.05) is 13.1 Å². The lowest BCUT2D eigenvalue weighted by atomic mass is 10.3. The molecule has 1 aromatic heterocycles. The Morgan fingerprint density at radius 3 is 3.00 bits per heavy atom. The van der Waals surface area contributed by atoms with Crippen LogP contribution in [-0.2, 0) is 0 Å². The fourth-order valence-corrected chi connectivity index (χ4v) is 1.78. The van der Waals surface area contributed by atoms with Gasteiger partial charge < -0.3 is 10.0 Å². The highest BCUT2D eigenvalue weighted by Gasteiger charge is 2.25. The van der Waals surface area contributed by atoms with E-state index in [1.54, 1.807) is 23.1 Å². The first-order valence-corrected chi connectivity index (χ1v) is 5.14. The quantitative estimate of drug-likeness (QED) is 0.726. The normalized spacial score (nSPS) is 20.7. The van der Waals surface area contributed by atoms with Crippen molar-refractivity contribution in [1.82, 2.24) is 9.88 Å². The molecule has 0 aliphatic carbocycles. The number of rotatable bonds is 1. The highest BCUT2D eigenvalue weighted by atomic mass is 35.5. The molecule has 1 aliphatic heterocycles. The molecule has 1 atom stereocenters. The number of carbonyl (C=O) groups excluding carboxylic acids is 1. The molecule has 80 valence electrons. The number of β-amino-alcohol motifs (C(OH)–C–C–N with tert-alkyl or cyclic N) is 1. The third-order valence-corrected chi connectivity index (χ3v) is 2.60. The molecule has 0 spiro atoms. The van der Waals surface area contributed by atoms with Gasteiger partial charge in [-0.05, 0) is 18.6 Å². The van der Waals surface area contributed by atoms with E-state index in [-0.39, 0.29) is 5.91 Å². The summed E-state index contributed by atoms with van der Waals surface area (Å²) in [7, 11) is 0. The molecule has 0 radical (unpaired) electrons. The topological polar surface area (TPSA) is 53.4 Å². The fourth-order valence-electron chi connectivity index (χ4n) is 1.62. The molecule has 0 aromatic carbocycles. The zero-order valence-corrected chi connectivity index (χ0v) is 8.81. The van der Waals surface area contributed by atoms with E-state index in [1.165, 1.54) is 0 Å². The van der Waals surface area contributed by atoms with Gasteiger partial charge in [-0.25, -0.2) is 4.98 Å². The van der Waals surface area contributed by atoms with Gasteiger partial charge in [0.05, 0.1) is 6.10 Å². The highest BCUT2D eigenvalue weighted by Crippen LogP contribution is 2.13. The highest BCUT2D eigenvalue weighted by molar-refractivity contribution is 6.29. The predicted octanol–water partition coefficient (Wildman–Crippen LogP) is 0.942. The van der Waals surface area contributed by atoms with Crippen LogP contribution in [0.4, 0.5) is 0 Å². The van der Waals surface area contributed by atoms with E-state index in [9.17, 15) is 9.90 Å². The first kappa shape index (κ1) is 10.4. The Morgan fingerprint density at radius 2 is 2.40 bits per heavy atom. The average molecular weight is 227 g/mol.